The molecule has 0 spiro atoms. The van der Waals surface area contributed by atoms with Gasteiger partial charge in [0.2, 0.25) is 0 Å². The Bertz CT molecular complexity index is 398. The SMILES string of the molecule is CC(C)Cc1occ2ccccc12. The summed E-state index contributed by atoms with van der Waals surface area (Å²) in [7, 11) is 0. The first-order chi connectivity index (χ1) is 6.27. The molecular weight excluding hydrogens is 160 g/mol. The van der Waals surface area contributed by atoms with E-state index in [0.717, 1.165) is 12.2 Å². The third-order valence-corrected chi connectivity index (χ3v) is 2.18. The highest BCUT2D eigenvalue weighted by molar-refractivity contribution is 5.83. The average molecular weight is 174 g/mol. The first-order valence-corrected chi connectivity index (χ1v) is 4.72. The summed E-state index contributed by atoms with van der Waals surface area (Å²) < 4.78 is 5.53. The smallest absolute Gasteiger partial charge is 0.111 e. The minimum absolute atomic E-state index is 0.648. The van der Waals surface area contributed by atoms with E-state index in [1.54, 1.807) is 0 Å². The molecule has 0 radical (unpaired) electrons. The molecule has 0 saturated carbocycles. The lowest BCUT2D eigenvalue weighted by Crippen LogP contribution is -1.91. The second kappa shape index (κ2) is 3.25. The van der Waals surface area contributed by atoms with Gasteiger partial charge >= 0.3 is 0 Å². The molecule has 1 heteroatoms. The van der Waals surface area contributed by atoms with E-state index in [1.165, 1.54) is 10.8 Å². The van der Waals surface area contributed by atoms with Crippen LogP contribution >= 0.6 is 0 Å². The van der Waals surface area contributed by atoms with Crippen molar-refractivity contribution >= 4 is 10.8 Å². The fourth-order valence-corrected chi connectivity index (χ4v) is 1.58. The maximum atomic E-state index is 5.53. The lowest BCUT2D eigenvalue weighted by Gasteiger charge is -2.00. The Balaban J connectivity index is 2.46. The number of benzene rings is 1. The highest BCUT2D eigenvalue weighted by Crippen LogP contribution is 2.22. The largest absolute Gasteiger partial charge is 0.468 e. The van der Waals surface area contributed by atoms with Crippen LogP contribution in [0.3, 0.4) is 0 Å². The normalized spacial score (nSPS) is 11.3. The Morgan fingerprint density at radius 1 is 1.23 bits per heavy atom. The zero-order chi connectivity index (χ0) is 9.26. The van der Waals surface area contributed by atoms with Gasteiger partial charge in [0, 0.05) is 17.2 Å². The molecule has 0 atom stereocenters. The van der Waals surface area contributed by atoms with Crippen molar-refractivity contribution in [1.29, 1.82) is 0 Å². The Morgan fingerprint density at radius 2 is 2.00 bits per heavy atom. The number of furan rings is 1. The van der Waals surface area contributed by atoms with Crippen LogP contribution in [0.5, 0.6) is 0 Å². The molecule has 0 fully saturated rings. The van der Waals surface area contributed by atoms with Crippen molar-refractivity contribution in [3.63, 3.8) is 0 Å². The molecule has 1 aromatic heterocycles. The van der Waals surface area contributed by atoms with Crippen LogP contribution in [0.15, 0.2) is 34.9 Å². The molecule has 1 nitrogen and oxygen atoms in total. The molecule has 0 bridgehead atoms. The lowest BCUT2D eigenvalue weighted by molar-refractivity contribution is 0.477. The van der Waals surface area contributed by atoms with Crippen LogP contribution in [0, 0.1) is 5.92 Å². The average Bonchev–Trinajstić information content (AvgIpc) is 2.48. The molecule has 0 aliphatic rings. The van der Waals surface area contributed by atoms with E-state index in [1.807, 2.05) is 12.3 Å². The van der Waals surface area contributed by atoms with Crippen LogP contribution in [0.1, 0.15) is 19.6 Å². The minimum atomic E-state index is 0.648. The molecule has 0 aliphatic heterocycles. The van der Waals surface area contributed by atoms with E-state index < -0.39 is 0 Å². The summed E-state index contributed by atoms with van der Waals surface area (Å²) in [5.74, 6) is 1.76. The summed E-state index contributed by atoms with van der Waals surface area (Å²) in [6, 6.07) is 8.30. The fourth-order valence-electron chi connectivity index (χ4n) is 1.58. The van der Waals surface area contributed by atoms with Crippen LogP contribution in [0.2, 0.25) is 0 Å². The lowest BCUT2D eigenvalue weighted by atomic mass is 10.1. The number of fused-ring (bicyclic) bond motifs is 1. The predicted molar refractivity (Wildman–Crippen MR) is 54.8 cm³/mol. The van der Waals surface area contributed by atoms with Crippen molar-refractivity contribution in [2.45, 2.75) is 20.3 Å². The summed E-state index contributed by atoms with van der Waals surface area (Å²) in [5.41, 5.74) is 0. The van der Waals surface area contributed by atoms with Crippen molar-refractivity contribution in [2.24, 2.45) is 5.92 Å². The molecule has 1 heterocycles. The third kappa shape index (κ3) is 1.59. The molecule has 13 heavy (non-hydrogen) atoms. The van der Waals surface area contributed by atoms with E-state index in [2.05, 4.69) is 32.0 Å². The monoisotopic (exact) mass is 174 g/mol. The summed E-state index contributed by atoms with van der Waals surface area (Å²) in [6.07, 6.45) is 2.86. The van der Waals surface area contributed by atoms with Crippen LogP contribution in [0.25, 0.3) is 10.8 Å². The van der Waals surface area contributed by atoms with Crippen LogP contribution in [-0.4, -0.2) is 0 Å². The zero-order valence-corrected chi connectivity index (χ0v) is 8.08. The molecule has 68 valence electrons. The van der Waals surface area contributed by atoms with Crippen molar-refractivity contribution in [3.05, 3.63) is 36.3 Å². The van der Waals surface area contributed by atoms with Gasteiger partial charge in [0.15, 0.2) is 0 Å². The molecule has 1 aromatic carbocycles. The highest BCUT2D eigenvalue weighted by atomic mass is 16.3. The quantitative estimate of drug-likeness (QED) is 0.677. The van der Waals surface area contributed by atoms with E-state index in [4.69, 9.17) is 4.42 Å². The van der Waals surface area contributed by atoms with Gasteiger partial charge < -0.3 is 4.42 Å². The van der Waals surface area contributed by atoms with Gasteiger partial charge in [-0.05, 0) is 5.92 Å². The summed E-state index contributed by atoms with van der Waals surface area (Å²) in [6.45, 7) is 4.41. The highest BCUT2D eigenvalue weighted by Gasteiger charge is 2.06. The van der Waals surface area contributed by atoms with E-state index >= 15 is 0 Å². The van der Waals surface area contributed by atoms with E-state index in [-0.39, 0.29) is 0 Å². The van der Waals surface area contributed by atoms with Crippen LogP contribution in [0.4, 0.5) is 0 Å². The zero-order valence-electron chi connectivity index (χ0n) is 8.08. The number of hydrogen-bond acceptors (Lipinski definition) is 1. The molecule has 0 unspecified atom stereocenters. The first-order valence-electron chi connectivity index (χ1n) is 4.72. The second-order valence-electron chi connectivity index (χ2n) is 3.84. The predicted octanol–water partition coefficient (Wildman–Crippen LogP) is 3.63. The van der Waals surface area contributed by atoms with Gasteiger partial charge in [-0.2, -0.15) is 0 Å². The Morgan fingerprint density at radius 3 is 2.77 bits per heavy atom. The van der Waals surface area contributed by atoms with Gasteiger partial charge in [0.25, 0.3) is 0 Å². The van der Waals surface area contributed by atoms with Crippen molar-refractivity contribution in [3.8, 4) is 0 Å². The maximum Gasteiger partial charge on any atom is 0.111 e. The van der Waals surface area contributed by atoms with Gasteiger partial charge in [-0.1, -0.05) is 38.1 Å². The Labute approximate surface area is 78.4 Å². The minimum Gasteiger partial charge on any atom is -0.468 e. The van der Waals surface area contributed by atoms with E-state index in [0.29, 0.717) is 5.92 Å². The van der Waals surface area contributed by atoms with Gasteiger partial charge in [0.05, 0.1) is 6.26 Å². The summed E-state index contributed by atoms with van der Waals surface area (Å²) >= 11 is 0. The van der Waals surface area contributed by atoms with Crippen molar-refractivity contribution < 1.29 is 4.42 Å². The van der Waals surface area contributed by atoms with Crippen molar-refractivity contribution in [2.75, 3.05) is 0 Å². The Kier molecular flexibility index (Phi) is 2.09. The van der Waals surface area contributed by atoms with Gasteiger partial charge in [-0.3, -0.25) is 0 Å². The fraction of sp³-hybridized carbons (Fsp3) is 0.333. The van der Waals surface area contributed by atoms with Gasteiger partial charge in [-0.15, -0.1) is 0 Å². The van der Waals surface area contributed by atoms with Crippen molar-refractivity contribution in [1.82, 2.24) is 0 Å². The maximum absolute atomic E-state index is 5.53. The van der Waals surface area contributed by atoms with Gasteiger partial charge in [-0.25, -0.2) is 0 Å². The standard InChI is InChI=1S/C12H14O/c1-9(2)7-12-11-6-4-3-5-10(11)8-13-12/h3-6,8-9H,7H2,1-2H3. The summed E-state index contributed by atoms with van der Waals surface area (Å²) in [4.78, 5) is 0. The van der Waals surface area contributed by atoms with E-state index in [9.17, 15) is 0 Å². The number of hydrogen-bond donors (Lipinski definition) is 0. The topological polar surface area (TPSA) is 13.1 Å². The first kappa shape index (κ1) is 8.36. The molecule has 0 N–H and O–H groups in total. The second-order valence-corrected chi connectivity index (χ2v) is 3.84. The third-order valence-electron chi connectivity index (χ3n) is 2.18. The molecule has 2 aromatic rings. The molecule has 0 aliphatic carbocycles. The molecular formula is C12H14O. The molecule has 2 rings (SSSR count). The van der Waals surface area contributed by atoms with Crippen LogP contribution in [-0.2, 0) is 6.42 Å². The molecule has 0 saturated heterocycles. The Hall–Kier alpha value is -1.24. The summed E-state index contributed by atoms with van der Waals surface area (Å²) in [5, 5.41) is 2.47. The number of rotatable bonds is 2. The molecule has 0 amide bonds. The van der Waals surface area contributed by atoms with Crippen LogP contribution < -0.4 is 0 Å². The van der Waals surface area contributed by atoms with Gasteiger partial charge in [0.1, 0.15) is 5.76 Å².